The average Bonchev–Trinajstić information content (AvgIpc) is 3.22. The summed E-state index contributed by atoms with van der Waals surface area (Å²) in [5.41, 5.74) is 8.78. The Morgan fingerprint density at radius 2 is 1.94 bits per heavy atom. The first-order valence-corrected chi connectivity index (χ1v) is 13.6. The van der Waals surface area contributed by atoms with Crippen LogP contribution in [0.25, 0.3) is 11.3 Å². The monoisotopic (exact) mass is 450 g/mol. The molecule has 8 nitrogen and oxygen atoms in total. The molecule has 2 fully saturated rings. The number of nitrogens with zero attached hydrogens (tertiary/aromatic N) is 5. The standard InChI is InChI=1S/C23H30N6O2Si/c1-16-10-17(12-20(11-16)32(30)8-3-9-32)21-14-25-22(24)23(27-21)31-19-13-26-29(15-19)18-4-6-28(2)7-5-18/h10-15,18,30H,3-9H2,1-2H3,(H2,24,25). The van der Waals surface area contributed by atoms with E-state index in [0.717, 1.165) is 60.8 Å². The van der Waals surface area contributed by atoms with Gasteiger partial charge in [-0.2, -0.15) is 5.10 Å². The van der Waals surface area contributed by atoms with Gasteiger partial charge < -0.3 is 20.2 Å². The highest BCUT2D eigenvalue weighted by atomic mass is 28.4. The van der Waals surface area contributed by atoms with Crippen molar-refractivity contribution in [3.05, 3.63) is 42.4 Å². The molecule has 2 saturated heterocycles. The third-order valence-corrected chi connectivity index (χ3v) is 10.4. The molecule has 5 rings (SSSR count). The van der Waals surface area contributed by atoms with Crippen LogP contribution in [0, 0.1) is 6.92 Å². The van der Waals surface area contributed by atoms with E-state index >= 15 is 0 Å². The number of ether oxygens (including phenoxy) is 1. The second-order valence-electron chi connectivity index (χ2n) is 9.21. The van der Waals surface area contributed by atoms with Crippen LogP contribution >= 0.6 is 0 Å². The zero-order valence-corrected chi connectivity index (χ0v) is 19.7. The summed E-state index contributed by atoms with van der Waals surface area (Å²) in [6.45, 7) is 4.18. The lowest BCUT2D eigenvalue weighted by molar-refractivity contribution is 0.212. The Morgan fingerprint density at radius 1 is 1.16 bits per heavy atom. The van der Waals surface area contributed by atoms with E-state index in [4.69, 9.17) is 10.5 Å². The highest BCUT2D eigenvalue weighted by Gasteiger charge is 2.40. The number of aryl methyl sites for hydroxylation is 1. The maximum absolute atomic E-state index is 10.9. The number of hydrogen-bond acceptors (Lipinski definition) is 7. The first-order valence-electron chi connectivity index (χ1n) is 11.3. The van der Waals surface area contributed by atoms with Gasteiger partial charge in [-0.3, -0.25) is 4.68 Å². The highest BCUT2D eigenvalue weighted by molar-refractivity contribution is 6.87. The zero-order chi connectivity index (χ0) is 22.3. The van der Waals surface area contributed by atoms with Crippen molar-refractivity contribution in [2.24, 2.45) is 0 Å². The summed E-state index contributed by atoms with van der Waals surface area (Å²) in [5, 5.41) is 5.57. The molecule has 3 N–H and O–H groups in total. The molecular formula is C23H30N6O2Si. The molecule has 9 heteroatoms. The molecule has 2 aliphatic rings. The van der Waals surface area contributed by atoms with Crippen molar-refractivity contribution in [2.45, 2.75) is 44.3 Å². The van der Waals surface area contributed by atoms with Gasteiger partial charge in [0.15, 0.2) is 11.6 Å². The molecule has 0 spiro atoms. The number of likely N-dealkylation sites (tertiary alicyclic amines) is 1. The van der Waals surface area contributed by atoms with Crippen LogP contribution in [0.15, 0.2) is 36.8 Å². The molecule has 168 valence electrons. The first kappa shape index (κ1) is 21.1. The van der Waals surface area contributed by atoms with Crippen molar-refractivity contribution in [2.75, 3.05) is 25.9 Å². The summed E-state index contributed by atoms with van der Waals surface area (Å²) in [7, 11) is -0.143. The largest absolute Gasteiger partial charge is 0.433 e. The fourth-order valence-corrected chi connectivity index (χ4v) is 7.06. The SMILES string of the molecule is Cc1cc(-c2cnc(N)c(Oc3cnn(C4CCN(C)CC4)c3)n2)cc([Si]2(O)CCC2)c1. The summed E-state index contributed by atoms with van der Waals surface area (Å²) in [4.78, 5) is 22.3. The maximum atomic E-state index is 10.9. The fourth-order valence-electron chi connectivity index (χ4n) is 4.54. The first-order chi connectivity index (χ1) is 15.4. The number of hydrogen-bond donors (Lipinski definition) is 2. The third kappa shape index (κ3) is 4.15. The molecular weight excluding hydrogens is 420 g/mol. The van der Waals surface area contributed by atoms with Gasteiger partial charge in [-0.05, 0) is 63.2 Å². The Bertz CT molecular complexity index is 1120. The van der Waals surface area contributed by atoms with Crippen molar-refractivity contribution in [1.29, 1.82) is 0 Å². The van der Waals surface area contributed by atoms with Crippen molar-refractivity contribution >= 4 is 19.3 Å². The molecule has 0 aliphatic carbocycles. The van der Waals surface area contributed by atoms with E-state index in [1.54, 1.807) is 12.4 Å². The molecule has 2 aliphatic heterocycles. The summed E-state index contributed by atoms with van der Waals surface area (Å²) in [6.07, 6.45) is 8.52. The molecule has 3 aromatic rings. The predicted octanol–water partition coefficient (Wildman–Crippen LogP) is 2.84. The van der Waals surface area contributed by atoms with E-state index in [1.807, 2.05) is 17.8 Å². The number of piperidine rings is 1. The number of benzene rings is 1. The van der Waals surface area contributed by atoms with E-state index in [1.165, 1.54) is 0 Å². The van der Waals surface area contributed by atoms with Crippen LogP contribution in [0.2, 0.25) is 12.1 Å². The van der Waals surface area contributed by atoms with Crippen LogP contribution in [-0.2, 0) is 0 Å². The third-order valence-electron chi connectivity index (χ3n) is 6.71. The molecule has 0 saturated carbocycles. The Hall–Kier alpha value is -2.75. The molecule has 0 unspecified atom stereocenters. The molecule has 0 radical (unpaired) electrons. The molecule has 1 aromatic carbocycles. The van der Waals surface area contributed by atoms with Gasteiger partial charge in [-0.1, -0.05) is 24.1 Å². The Labute approximate surface area is 189 Å². The predicted molar refractivity (Wildman–Crippen MR) is 127 cm³/mol. The summed E-state index contributed by atoms with van der Waals surface area (Å²) in [5.74, 6) is 1.11. The lowest BCUT2D eigenvalue weighted by atomic mass is 10.1. The topological polar surface area (TPSA) is 102 Å². The van der Waals surface area contributed by atoms with Crippen LogP contribution in [0.1, 0.15) is 30.9 Å². The Kier molecular flexibility index (Phi) is 5.48. The molecule has 0 bridgehead atoms. The van der Waals surface area contributed by atoms with Crippen LogP contribution in [-0.4, -0.2) is 57.9 Å². The van der Waals surface area contributed by atoms with Crippen LogP contribution in [0.3, 0.4) is 0 Å². The van der Waals surface area contributed by atoms with Crippen LogP contribution < -0.4 is 15.7 Å². The maximum Gasteiger partial charge on any atom is 0.263 e. The Balaban J connectivity index is 1.38. The number of aromatic nitrogens is 4. The van der Waals surface area contributed by atoms with Gasteiger partial charge in [0, 0.05) is 5.56 Å². The van der Waals surface area contributed by atoms with Crippen molar-refractivity contribution in [1.82, 2.24) is 24.6 Å². The zero-order valence-electron chi connectivity index (χ0n) is 18.7. The summed E-state index contributed by atoms with van der Waals surface area (Å²) in [6, 6.07) is 8.46. The molecule has 32 heavy (non-hydrogen) atoms. The number of anilines is 1. The van der Waals surface area contributed by atoms with Gasteiger partial charge in [0.05, 0.1) is 30.3 Å². The minimum atomic E-state index is -2.29. The smallest absolute Gasteiger partial charge is 0.263 e. The quantitative estimate of drug-likeness (QED) is 0.576. The van der Waals surface area contributed by atoms with Gasteiger partial charge >= 0.3 is 0 Å². The fraction of sp³-hybridized carbons (Fsp3) is 0.435. The molecule has 0 amide bonds. The molecule has 4 heterocycles. The van der Waals surface area contributed by atoms with Gasteiger partial charge in [0.25, 0.3) is 5.88 Å². The van der Waals surface area contributed by atoms with E-state index in [-0.39, 0.29) is 11.7 Å². The lowest BCUT2D eigenvalue weighted by Gasteiger charge is -2.34. The van der Waals surface area contributed by atoms with Gasteiger partial charge in [-0.15, -0.1) is 0 Å². The minimum absolute atomic E-state index is 0.237. The van der Waals surface area contributed by atoms with Gasteiger partial charge in [-0.25, -0.2) is 9.97 Å². The number of rotatable bonds is 5. The second-order valence-corrected chi connectivity index (χ2v) is 12.9. The van der Waals surface area contributed by atoms with Crippen molar-refractivity contribution in [3.63, 3.8) is 0 Å². The van der Waals surface area contributed by atoms with E-state index in [0.29, 0.717) is 17.5 Å². The Morgan fingerprint density at radius 3 is 2.66 bits per heavy atom. The highest BCUT2D eigenvalue weighted by Crippen LogP contribution is 2.32. The molecule has 2 aromatic heterocycles. The normalized spacial score (nSPS) is 19.0. The molecule has 0 atom stereocenters. The van der Waals surface area contributed by atoms with E-state index < -0.39 is 8.32 Å². The van der Waals surface area contributed by atoms with Gasteiger partial charge in [0.2, 0.25) is 8.32 Å². The van der Waals surface area contributed by atoms with Crippen LogP contribution in [0.4, 0.5) is 5.82 Å². The summed E-state index contributed by atoms with van der Waals surface area (Å²) < 4.78 is 7.97. The van der Waals surface area contributed by atoms with E-state index in [9.17, 15) is 4.80 Å². The lowest BCUT2D eigenvalue weighted by Crippen LogP contribution is -2.53. The average molecular weight is 451 g/mol. The van der Waals surface area contributed by atoms with Crippen LogP contribution in [0.5, 0.6) is 11.6 Å². The summed E-state index contributed by atoms with van der Waals surface area (Å²) >= 11 is 0. The second kappa shape index (κ2) is 8.31. The number of nitrogens with two attached hydrogens (primary N) is 1. The number of nitrogen functional groups attached to an aromatic ring is 1. The van der Waals surface area contributed by atoms with Crippen molar-refractivity contribution in [3.8, 4) is 22.9 Å². The van der Waals surface area contributed by atoms with Gasteiger partial charge in [0.1, 0.15) is 0 Å². The minimum Gasteiger partial charge on any atom is -0.433 e. The van der Waals surface area contributed by atoms with Crippen molar-refractivity contribution < 1.29 is 9.53 Å². The van der Waals surface area contributed by atoms with E-state index in [2.05, 4.69) is 45.2 Å².